The predicted octanol–water partition coefficient (Wildman–Crippen LogP) is 25.5. The second kappa shape index (κ2) is 71.1. The molecular formula is C76H142O6. The predicted molar refractivity (Wildman–Crippen MR) is 358 cm³/mol. The van der Waals surface area contributed by atoms with Crippen molar-refractivity contribution < 1.29 is 28.6 Å². The molecule has 0 aromatic carbocycles. The molecule has 0 spiro atoms. The molecule has 0 aromatic rings. The lowest BCUT2D eigenvalue weighted by Gasteiger charge is -2.18. The Morgan fingerprint density at radius 3 is 0.683 bits per heavy atom. The number of carbonyl (C=O) groups excluding carboxylic acids is 3. The number of hydrogen-bond donors (Lipinski definition) is 0. The Morgan fingerprint density at radius 2 is 0.439 bits per heavy atom. The summed E-state index contributed by atoms with van der Waals surface area (Å²) in [4.78, 5) is 38.1. The van der Waals surface area contributed by atoms with Crippen LogP contribution in [0.15, 0.2) is 36.5 Å². The Morgan fingerprint density at radius 1 is 0.244 bits per heavy atom. The number of carbonyl (C=O) groups is 3. The summed E-state index contributed by atoms with van der Waals surface area (Å²) >= 11 is 0. The van der Waals surface area contributed by atoms with Gasteiger partial charge in [-0.15, -0.1) is 0 Å². The molecule has 0 rings (SSSR count). The quantitative estimate of drug-likeness (QED) is 0.0261. The molecule has 0 fully saturated rings. The topological polar surface area (TPSA) is 78.9 Å². The maximum absolute atomic E-state index is 12.9. The van der Waals surface area contributed by atoms with Crippen LogP contribution in [0.3, 0.4) is 0 Å². The van der Waals surface area contributed by atoms with Crippen molar-refractivity contribution in [2.75, 3.05) is 13.2 Å². The van der Waals surface area contributed by atoms with Crippen LogP contribution < -0.4 is 0 Å². The van der Waals surface area contributed by atoms with Crippen molar-refractivity contribution in [2.24, 2.45) is 0 Å². The number of allylic oxidation sites excluding steroid dienone is 6. The van der Waals surface area contributed by atoms with Crippen molar-refractivity contribution in [3.05, 3.63) is 36.5 Å². The number of esters is 3. The Hall–Kier alpha value is -2.37. The van der Waals surface area contributed by atoms with Crippen molar-refractivity contribution >= 4 is 17.9 Å². The van der Waals surface area contributed by atoms with Gasteiger partial charge in [-0.1, -0.05) is 353 Å². The summed E-state index contributed by atoms with van der Waals surface area (Å²) in [6.45, 7) is 6.64. The summed E-state index contributed by atoms with van der Waals surface area (Å²) in [5.74, 6) is -0.848. The van der Waals surface area contributed by atoms with Crippen molar-refractivity contribution in [2.45, 2.75) is 419 Å². The first-order valence-electron chi connectivity index (χ1n) is 37.0. The van der Waals surface area contributed by atoms with E-state index in [0.29, 0.717) is 19.3 Å². The van der Waals surface area contributed by atoms with Crippen LogP contribution >= 0.6 is 0 Å². The molecule has 0 radical (unpaired) electrons. The van der Waals surface area contributed by atoms with Gasteiger partial charge >= 0.3 is 17.9 Å². The highest BCUT2D eigenvalue weighted by Crippen LogP contribution is 2.19. The Balaban J connectivity index is 3.95. The van der Waals surface area contributed by atoms with Gasteiger partial charge in [-0.3, -0.25) is 14.4 Å². The average Bonchev–Trinajstić information content (AvgIpc) is 3.47. The second-order valence-corrected chi connectivity index (χ2v) is 25.2. The Bertz CT molecular complexity index is 1370. The van der Waals surface area contributed by atoms with Crippen LogP contribution in [0.25, 0.3) is 0 Å². The van der Waals surface area contributed by atoms with Crippen molar-refractivity contribution in [1.29, 1.82) is 0 Å². The van der Waals surface area contributed by atoms with E-state index in [1.807, 2.05) is 0 Å². The standard InChI is InChI=1S/C76H142O6/c1-4-7-10-13-16-18-20-22-24-26-28-30-32-34-36-38-40-42-44-46-48-50-52-54-56-58-60-63-66-69-75(78)81-72-73(71-80-74(77)68-65-62-15-12-9-6-3)82-76(79)70-67-64-61-59-57-55-53-51-49-47-45-43-41-39-37-35-33-31-29-27-25-23-21-19-17-14-11-8-5-2/h20,22,26-29,73H,4-19,21,23-25,30-72H2,1-3H3/b22-20-,28-26-,29-27-. The van der Waals surface area contributed by atoms with Crippen LogP contribution in [0, 0.1) is 0 Å². The molecule has 1 unspecified atom stereocenters. The lowest BCUT2D eigenvalue weighted by molar-refractivity contribution is -0.167. The smallest absolute Gasteiger partial charge is 0.306 e. The highest BCUT2D eigenvalue weighted by Gasteiger charge is 2.19. The first-order valence-corrected chi connectivity index (χ1v) is 37.0. The minimum absolute atomic E-state index is 0.0664. The van der Waals surface area contributed by atoms with Gasteiger partial charge in [0.2, 0.25) is 0 Å². The first kappa shape index (κ1) is 79.6. The molecule has 0 heterocycles. The third-order valence-electron chi connectivity index (χ3n) is 16.9. The normalized spacial score (nSPS) is 12.2. The fraction of sp³-hybridized carbons (Fsp3) is 0.882. The summed E-state index contributed by atoms with van der Waals surface area (Å²) in [6, 6.07) is 0. The summed E-state index contributed by atoms with van der Waals surface area (Å²) in [6.07, 6.45) is 89.5. The zero-order valence-electron chi connectivity index (χ0n) is 55.5. The first-order chi connectivity index (χ1) is 40.5. The Kier molecular flexibility index (Phi) is 69.1. The van der Waals surface area contributed by atoms with Crippen molar-refractivity contribution in [1.82, 2.24) is 0 Å². The SMILES string of the molecule is CCCCCCC/C=C\C/C=C\CCCCCCCCCCCCCCCCCCCC(=O)OCC(COC(=O)CCCCCCCC)OC(=O)CCCCCCCCCCCCCCCCCCC/C=C\CCCCCCCCCC. The molecule has 0 aliphatic carbocycles. The molecule has 1 atom stereocenters. The van der Waals surface area contributed by atoms with Crippen LogP contribution in [0.4, 0.5) is 0 Å². The molecule has 6 heteroatoms. The summed E-state index contributed by atoms with van der Waals surface area (Å²) in [5.41, 5.74) is 0. The minimum Gasteiger partial charge on any atom is -0.462 e. The molecule has 0 aliphatic heterocycles. The summed E-state index contributed by atoms with van der Waals surface area (Å²) < 4.78 is 16.9. The molecule has 0 bridgehead atoms. The van der Waals surface area contributed by atoms with Crippen molar-refractivity contribution in [3.8, 4) is 0 Å². The van der Waals surface area contributed by atoms with E-state index >= 15 is 0 Å². The zero-order valence-corrected chi connectivity index (χ0v) is 55.5. The average molecular weight is 1150 g/mol. The van der Waals surface area contributed by atoms with Gasteiger partial charge in [0.05, 0.1) is 0 Å². The molecule has 0 aromatic heterocycles. The van der Waals surface area contributed by atoms with Crippen LogP contribution in [-0.4, -0.2) is 37.2 Å². The lowest BCUT2D eigenvalue weighted by Crippen LogP contribution is -2.30. The fourth-order valence-electron chi connectivity index (χ4n) is 11.3. The van der Waals surface area contributed by atoms with Gasteiger partial charge in [0.1, 0.15) is 13.2 Å². The molecular weight excluding hydrogens is 1010 g/mol. The molecule has 0 aliphatic rings. The zero-order chi connectivity index (χ0) is 59.2. The monoisotopic (exact) mass is 1150 g/mol. The van der Waals surface area contributed by atoms with Gasteiger partial charge in [-0.2, -0.15) is 0 Å². The van der Waals surface area contributed by atoms with Crippen molar-refractivity contribution in [3.63, 3.8) is 0 Å². The minimum atomic E-state index is -0.767. The molecule has 0 saturated carbocycles. The molecule has 0 amide bonds. The third-order valence-corrected chi connectivity index (χ3v) is 16.9. The molecule has 0 N–H and O–H groups in total. The van der Waals surface area contributed by atoms with Gasteiger partial charge in [-0.05, 0) is 77.0 Å². The third kappa shape index (κ3) is 68.4. The number of hydrogen-bond acceptors (Lipinski definition) is 6. The van der Waals surface area contributed by atoms with Gasteiger partial charge < -0.3 is 14.2 Å². The summed E-state index contributed by atoms with van der Waals surface area (Å²) in [7, 11) is 0. The second-order valence-electron chi connectivity index (χ2n) is 25.2. The van der Waals surface area contributed by atoms with Crippen LogP contribution in [0.1, 0.15) is 412 Å². The lowest BCUT2D eigenvalue weighted by atomic mass is 10.0. The van der Waals surface area contributed by atoms with E-state index in [-0.39, 0.29) is 31.1 Å². The maximum Gasteiger partial charge on any atom is 0.306 e. The van der Waals surface area contributed by atoms with E-state index in [0.717, 1.165) is 64.2 Å². The highest BCUT2D eigenvalue weighted by atomic mass is 16.6. The van der Waals surface area contributed by atoms with E-state index in [1.165, 1.54) is 308 Å². The van der Waals surface area contributed by atoms with Gasteiger partial charge in [-0.25, -0.2) is 0 Å². The van der Waals surface area contributed by atoms with E-state index in [2.05, 4.69) is 57.2 Å². The molecule has 82 heavy (non-hydrogen) atoms. The van der Waals surface area contributed by atoms with Crippen LogP contribution in [0.5, 0.6) is 0 Å². The number of ether oxygens (including phenoxy) is 3. The molecule has 0 saturated heterocycles. The molecule has 482 valence electrons. The number of rotatable bonds is 69. The van der Waals surface area contributed by atoms with E-state index in [1.54, 1.807) is 0 Å². The highest BCUT2D eigenvalue weighted by molar-refractivity contribution is 5.71. The maximum atomic E-state index is 12.9. The largest absolute Gasteiger partial charge is 0.462 e. The van der Waals surface area contributed by atoms with E-state index in [9.17, 15) is 14.4 Å². The fourth-order valence-corrected chi connectivity index (χ4v) is 11.3. The van der Waals surface area contributed by atoms with Gasteiger partial charge in [0.15, 0.2) is 6.10 Å². The Labute approximate surface area is 512 Å². The summed E-state index contributed by atoms with van der Waals surface area (Å²) in [5, 5.41) is 0. The number of unbranched alkanes of at least 4 members (excludes halogenated alkanes) is 52. The molecule has 6 nitrogen and oxygen atoms in total. The van der Waals surface area contributed by atoms with Crippen LogP contribution in [-0.2, 0) is 28.6 Å². The van der Waals surface area contributed by atoms with Gasteiger partial charge in [0.25, 0.3) is 0 Å². The van der Waals surface area contributed by atoms with E-state index < -0.39 is 6.10 Å². The van der Waals surface area contributed by atoms with Crippen LogP contribution in [0.2, 0.25) is 0 Å². The van der Waals surface area contributed by atoms with Gasteiger partial charge in [0, 0.05) is 19.3 Å². The van der Waals surface area contributed by atoms with E-state index in [4.69, 9.17) is 14.2 Å².